The Labute approximate surface area is 91.1 Å². The summed E-state index contributed by atoms with van der Waals surface area (Å²) in [6.45, 7) is 5.40. The minimum atomic E-state index is -1.59. The van der Waals surface area contributed by atoms with E-state index in [4.69, 9.17) is 26.1 Å². The van der Waals surface area contributed by atoms with Crippen LogP contribution in [-0.2, 0) is 4.79 Å². The Morgan fingerprint density at radius 1 is 1.43 bits per heavy atom. The lowest BCUT2D eigenvalue weighted by molar-refractivity contribution is -0.134. The molecular weight excluding hydrogens is 220 g/mol. The first kappa shape index (κ1) is 16.1. The van der Waals surface area contributed by atoms with Crippen LogP contribution in [0.4, 0.5) is 0 Å². The van der Waals surface area contributed by atoms with Gasteiger partial charge in [0.15, 0.2) is 7.38 Å². The summed E-state index contributed by atoms with van der Waals surface area (Å²) in [7, 11) is -1.59. The third kappa shape index (κ3) is 11.7. The van der Waals surface area contributed by atoms with Crippen molar-refractivity contribution >= 4 is 24.4 Å². The van der Waals surface area contributed by atoms with Gasteiger partial charge in [-0.25, -0.2) is 0 Å². The van der Waals surface area contributed by atoms with E-state index in [-0.39, 0.29) is 6.61 Å². The topological polar surface area (TPSA) is 57.5 Å². The molecule has 0 unspecified atom stereocenters. The van der Waals surface area contributed by atoms with Crippen molar-refractivity contribution in [2.24, 2.45) is 0 Å². The maximum atomic E-state index is 9.00. The number of carbonyl (C=O) groups is 1. The predicted molar refractivity (Wildman–Crippen MR) is 62.1 cm³/mol. The van der Waals surface area contributed by atoms with E-state index in [1.54, 1.807) is 6.08 Å². The first-order valence-corrected chi connectivity index (χ1v) is 8.09. The molecule has 0 aromatic rings. The largest absolute Gasteiger partial charge is 0.481 e. The van der Waals surface area contributed by atoms with E-state index in [9.17, 15) is 0 Å². The van der Waals surface area contributed by atoms with Gasteiger partial charge in [-0.1, -0.05) is 25.6 Å². The summed E-state index contributed by atoms with van der Waals surface area (Å²) in [5.74, 6) is -0.833. The van der Waals surface area contributed by atoms with Crippen LogP contribution in [0.5, 0.6) is 0 Å². The molecule has 2 N–H and O–H groups in total. The number of hydrogen-bond acceptors (Lipinski definition) is 2. The first-order chi connectivity index (χ1) is 6.41. The van der Waals surface area contributed by atoms with Crippen LogP contribution in [0.15, 0.2) is 11.8 Å². The average molecular weight is 239 g/mol. The third-order valence-electron chi connectivity index (χ3n) is 1.70. The zero-order valence-corrected chi connectivity index (χ0v) is 10.7. The molecule has 0 fully saturated rings. The molecule has 0 saturated carbocycles. The molecule has 0 saturated heterocycles. The fourth-order valence-corrected chi connectivity index (χ4v) is 2.52. The van der Waals surface area contributed by atoms with Gasteiger partial charge in [-0.05, 0) is 12.1 Å². The van der Waals surface area contributed by atoms with Crippen LogP contribution >= 0.6 is 11.1 Å². The normalized spacial score (nSPS) is 10.9. The summed E-state index contributed by atoms with van der Waals surface area (Å²) < 4.78 is 0. The Bertz CT molecular complexity index is 175. The van der Waals surface area contributed by atoms with Crippen LogP contribution in [0.25, 0.3) is 0 Å². The molecule has 3 nitrogen and oxygen atoms in total. The summed E-state index contributed by atoms with van der Waals surface area (Å²) in [5.41, 5.74) is 2.01. The zero-order valence-electron chi connectivity index (χ0n) is 8.96. The number of carboxylic acid groups (broad SMARTS) is 1. The molecule has 0 radical (unpaired) electrons. The Hall–Kier alpha value is -0.323. The van der Waals surface area contributed by atoms with E-state index in [0.29, 0.717) is 0 Å². The molecule has 0 aliphatic carbocycles. The molecule has 0 aromatic heterocycles. The molecule has 0 atom stereocenters. The molecule has 0 rings (SSSR count). The highest BCUT2D eigenvalue weighted by atomic mass is 35.6. The van der Waals surface area contributed by atoms with Crippen molar-refractivity contribution in [3.05, 3.63) is 11.8 Å². The second-order valence-electron chi connectivity index (χ2n) is 2.85. The lowest BCUT2D eigenvalue weighted by Gasteiger charge is -2.14. The van der Waals surface area contributed by atoms with Gasteiger partial charge in [0.2, 0.25) is 0 Å². The lowest BCUT2D eigenvalue weighted by atomic mass is 10.7. The van der Waals surface area contributed by atoms with Crippen LogP contribution in [-0.4, -0.2) is 30.2 Å². The number of hydrogen-bond donors (Lipinski definition) is 2. The van der Waals surface area contributed by atoms with Crippen molar-refractivity contribution in [2.45, 2.75) is 32.9 Å². The van der Waals surface area contributed by atoms with E-state index < -0.39 is 13.4 Å². The van der Waals surface area contributed by atoms with Crippen molar-refractivity contribution in [2.75, 3.05) is 6.61 Å². The van der Waals surface area contributed by atoms with E-state index in [2.05, 4.69) is 13.8 Å². The lowest BCUT2D eigenvalue weighted by Crippen LogP contribution is -2.21. The Balaban J connectivity index is 0. The van der Waals surface area contributed by atoms with Crippen LogP contribution in [0, 0.1) is 0 Å². The van der Waals surface area contributed by atoms with E-state index in [1.165, 1.54) is 0 Å². The summed E-state index contributed by atoms with van der Waals surface area (Å²) in [4.78, 5) is 9.00. The van der Waals surface area contributed by atoms with Gasteiger partial charge < -0.3 is 10.2 Å². The van der Waals surface area contributed by atoms with Gasteiger partial charge in [0.25, 0.3) is 5.97 Å². The van der Waals surface area contributed by atoms with E-state index >= 15 is 0 Å². The number of aliphatic hydroxyl groups is 1. The average Bonchev–Trinajstić information content (AvgIpc) is 2.13. The highest BCUT2D eigenvalue weighted by molar-refractivity contribution is 7.23. The molecule has 84 valence electrons. The first-order valence-electron chi connectivity index (χ1n) is 4.58. The fraction of sp³-hybridized carbons (Fsp3) is 0.667. The number of halogens is 1. The highest BCUT2D eigenvalue weighted by Gasteiger charge is 2.21. The SMILES string of the molecule is CC(=O)O.CC[Si](Cl)(C=CCO)CC. The minimum Gasteiger partial charge on any atom is -0.481 e. The van der Waals surface area contributed by atoms with Crippen molar-refractivity contribution in [3.8, 4) is 0 Å². The quantitative estimate of drug-likeness (QED) is 0.584. The number of aliphatic hydroxyl groups excluding tert-OH is 1. The summed E-state index contributed by atoms with van der Waals surface area (Å²) in [6, 6.07) is 2.09. The van der Waals surface area contributed by atoms with Crippen LogP contribution < -0.4 is 0 Å². The number of carboxylic acids is 1. The highest BCUT2D eigenvalue weighted by Crippen LogP contribution is 2.20. The van der Waals surface area contributed by atoms with Gasteiger partial charge in [0.05, 0.1) is 6.61 Å². The van der Waals surface area contributed by atoms with Crippen LogP contribution in [0.2, 0.25) is 12.1 Å². The molecule has 0 aliphatic rings. The van der Waals surface area contributed by atoms with Crippen molar-refractivity contribution < 1.29 is 15.0 Å². The third-order valence-corrected chi connectivity index (χ3v) is 6.86. The number of aliphatic carboxylic acids is 1. The molecule has 0 bridgehead atoms. The summed E-state index contributed by atoms with van der Waals surface area (Å²) in [6.07, 6.45) is 1.76. The maximum Gasteiger partial charge on any atom is 0.300 e. The van der Waals surface area contributed by atoms with Crippen LogP contribution in [0.3, 0.4) is 0 Å². The molecule has 14 heavy (non-hydrogen) atoms. The monoisotopic (exact) mass is 238 g/mol. The smallest absolute Gasteiger partial charge is 0.300 e. The van der Waals surface area contributed by atoms with Gasteiger partial charge >= 0.3 is 0 Å². The Morgan fingerprint density at radius 2 is 1.79 bits per heavy atom. The number of rotatable bonds is 4. The van der Waals surface area contributed by atoms with Crippen LogP contribution in [0.1, 0.15) is 20.8 Å². The van der Waals surface area contributed by atoms with Crippen molar-refractivity contribution in [3.63, 3.8) is 0 Å². The maximum absolute atomic E-state index is 9.00. The molecule has 5 heteroatoms. The summed E-state index contributed by atoms with van der Waals surface area (Å²) >= 11 is 6.23. The van der Waals surface area contributed by atoms with E-state index in [1.807, 2.05) is 5.70 Å². The molecule has 0 aromatic carbocycles. The second-order valence-corrected chi connectivity index (χ2v) is 8.92. The van der Waals surface area contributed by atoms with Gasteiger partial charge in [0.1, 0.15) is 0 Å². The zero-order chi connectivity index (χ0) is 11.6. The molecule has 0 heterocycles. The Kier molecular flexibility index (Phi) is 10.6. The van der Waals surface area contributed by atoms with Gasteiger partial charge in [-0.3, -0.25) is 4.79 Å². The van der Waals surface area contributed by atoms with Crippen molar-refractivity contribution in [1.29, 1.82) is 0 Å². The minimum absolute atomic E-state index is 0.113. The molecule has 0 spiro atoms. The van der Waals surface area contributed by atoms with Gasteiger partial charge in [-0.15, -0.1) is 0 Å². The van der Waals surface area contributed by atoms with E-state index in [0.717, 1.165) is 19.0 Å². The Morgan fingerprint density at radius 3 is 2.00 bits per heavy atom. The van der Waals surface area contributed by atoms with Crippen molar-refractivity contribution in [1.82, 2.24) is 0 Å². The molecular formula is C9H19ClO3Si. The summed E-state index contributed by atoms with van der Waals surface area (Å²) in [5, 5.41) is 15.9. The second kappa shape index (κ2) is 9.24. The van der Waals surface area contributed by atoms with Gasteiger partial charge in [-0.2, -0.15) is 11.1 Å². The molecule has 0 aliphatic heterocycles. The predicted octanol–water partition coefficient (Wildman–Crippen LogP) is 2.39. The van der Waals surface area contributed by atoms with Gasteiger partial charge in [0, 0.05) is 6.92 Å². The standard InChI is InChI=1S/C7H15ClOSi.C2H4O2/c1-3-10(8,4-2)7-5-6-9;1-2(3)4/h5,7,9H,3-4,6H2,1-2H3;1H3,(H,3,4). The molecule has 0 amide bonds. The fourth-order valence-electron chi connectivity index (χ4n) is 0.750.